The summed E-state index contributed by atoms with van der Waals surface area (Å²) in [5, 5.41) is 23.8. The number of nitrogens with two attached hydrogens (primary N) is 2. The third-order valence-corrected chi connectivity index (χ3v) is 18.3. The number of nitrogens with one attached hydrogen (secondary N) is 4. The standard InChI is InChI=1S/C56H76Cl2F2N10O8S2/c1-35-25-39(57)27-41-43(35)31-67(3)33-45(41)53-47(59)7-9-49(79(61,73)74)51(53)37-11-17-69(29-37)19-23-77-21-15-65-55(71)63-13-5-6-14-64-56(72)66-16-22-78-24-20-70-18-12-38(30-70)52-50(80(62,75)76)10-8-48(60)54(52)46-34-68(4)32-44-36(2)26-40(58)28-42(44)46/h7-10,25-28,37-38,45-46H,5-6,11-24,29-34H2,1-4H3,(H2,61,73,74)(H2,62,75,76)(H2,63,65,71)(H2,64,66,72)/t37-,38-,45?,46?/m0/s1. The molecule has 4 aromatic rings. The topological polar surface area (TPSA) is 234 Å². The van der Waals surface area contributed by atoms with E-state index < -0.39 is 43.5 Å². The summed E-state index contributed by atoms with van der Waals surface area (Å²) in [6, 6.07) is 11.8. The Morgan fingerprint density at radius 2 is 0.975 bits per heavy atom. The summed E-state index contributed by atoms with van der Waals surface area (Å²) in [5.74, 6) is -2.39. The van der Waals surface area contributed by atoms with Gasteiger partial charge >= 0.3 is 12.1 Å². The van der Waals surface area contributed by atoms with E-state index in [1.807, 2.05) is 52.2 Å². The molecule has 4 atom stereocenters. The molecule has 24 heteroatoms. The van der Waals surface area contributed by atoms with Crippen molar-refractivity contribution >= 4 is 55.3 Å². The Balaban J connectivity index is 0.680. The predicted molar refractivity (Wildman–Crippen MR) is 306 cm³/mol. The van der Waals surface area contributed by atoms with Crippen LogP contribution >= 0.6 is 23.2 Å². The number of urea groups is 2. The average Bonchev–Trinajstić information content (AvgIpc) is 4.06. The lowest BCUT2D eigenvalue weighted by Gasteiger charge is -2.36. The van der Waals surface area contributed by atoms with E-state index >= 15 is 8.78 Å². The third-order valence-electron chi connectivity index (χ3n) is 15.9. The lowest BCUT2D eigenvalue weighted by molar-refractivity contribution is 0.113. The van der Waals surface area contributed by atoms with Gasteiger partial charge in [-0.25, -0.2) is 45.5 Å². The summed E-state index contributed by atoms with van der Waals surface area (Å²) in [5.41, 5.74) is 7.46. The molecule has 0 bridgehead atoms. The SMILES string of the molecule is Cc1cc(Cl)cc2c1CN(C)CC2c1c(F)ccc(S(N)(=O)=O)c1[C@H]1CCN(CCOCCNC(=O)NCCCCNC(=O)NCCOCCN2CC[C@H](c3c(S(N)(=O)=O)ccc(F)c3C3CN(C)Cc4c(C)cc(Cl)cc43)C2)C1. The number of hydrogen-bond donors (Lipinski definition) is 6. The fraction of sp³-hybridized carbons (Fsp3) is 0.536. The molecule has 0 spiro atoms. The van der Waals surface area contributed by atoms with E-state index in [-0.39, 0.29) is 60.0 Å². The highest BCUT2D eigenvalue weighted by molar-refractivity contribution is 7.89. The summed E-state index contributed by atoms with van der Waals surface area (Å²) in [6.07, 6.45) is 2.50. The predicted octanol–water partition coefficient (Wildman–Crippen LogP) is 6.03. The third kappa shape index (κ3) is 15.4. The van der Waals surface area contributed by atoms with Crippen LogP contribution in [0.15, 0.2) is 58.3 Å². The molecule has 18 nitrogen and oxygen atoms in total. The zero-order chi connectivity index (χ0) is 57.5. The van der Waals surface area contributed by atoms with Gasteiger partial charge in [0.2, 0.25) is 20.0 Å². The maximum absolute atomic E-state index is 16.1. The number of ether oxygens (including phenoxy) is 2. The Hall–Kier alpha value is -4.56. The maximum atomic E-state index is 16.1. The van der Waals surface area contributed by atoms with Gasteiger partial charge in [-0.3, -0.25) is 0 Å². The van der Waals surface area contributed by atoms with Crippen LogP contribution in [-0.4, -0.2) is 168 Å². The van der Waals surface area contributed by atoms with E-state index in [9.17, 15) is 26.4 Å². The number of fused-ring (bicyclic) bond motifs is 2. The zero-order valence-corrected chi connectivity index (χ0v) is 49.2. The minimum Gasteiger partial charge on any atom is -0.378 e. The van der Waals surface area contributed by atoms with Crippen LogP contribution in [0.25, 0.3) is 0 Å². The number of halogens is 4. The number of primary sulfonamides is 2. The van der Waals surface area contributed by atoms with Gasteiger partial charge in [-0.1, -0.05) is 23.2 Å². The van der Waals surface area contributed by atoms with Crippen LogP contribution in [-0.2, 0) is 42.6 Å². The average molecular weight is 1190 g/mol. The van der Waals surface area contributed by atoms with E-state index in [0.29, 0.717) is 150 Å². The molecule has 4 aliphatic rings. The molecule has 2 fully saturated rings. The van der Waals surface area contributed by atoms with E-state index in [1.165, 1.54) is 24.3 Å². The molecule has 4 heterocycles. The minimum atomic E-state index is -4.18. The second kappa shape index (κ2) is 27.2. The summed E-state index contributed by atoms with van der Waals surface area (Å²) in [6.45, 7) is 12.4. The Bertz CT molecular complexity index is 2920. The Labute approximate surface area is 479 Å². The van der Waals surface area contributed by atoms with Crippen molar-refractivity contribution in [2.45, 2.75) is 86.1 Å². The number of carbonyl (C=O) groups excluding carboxylic acids is 2. The van der Waals surface area contributed by atoms with Crippen LogP contribution in [0.1, 0.15) is 105 Å². The molecule has 4 aromatic carbocycles. The van der Waals surface area contributed by atoms with Crippen molar-refractivity contribution in [3.63, 3.8) is 0 Å². The number of likely N-dealkylation sites (tertiary alicyclic amines) is 2. The molecule has 0 aliphatic carbocycles. The monoisotopic (exact) mass is 1190 g/mol. The summed E-state index contributed by atoms with van der Waals surface area (Å²) in [4.78, 5) is 33.2. The van der Waals surface area contributed by atoms with Gasteiger partial charge < -0.3 is 50.3 Å². The molecule has 0 radical (unpaired) electrons. The zero-order valence-electron chi connectivity index (χ0n) is 46.0. The van der Waals surface area contributed by atoms with Crippen LogP contribution in [0.3, 0.4) is 0 Å². The number of sulfonamides is 2. The van der Waals surface area contributed by atoms with Crippen molar-refractivity contribution in [1.82, 2.24) is 40.9 Å². The molecule has 2 unspecified atom stereocenters. The van der Waals surface area contributed by atoms with Crippen molar-refractivity contribution in [3.8, 4) is 0 Å². The first-order valence-electron chi connectivity index (χ1n) is 27.4. The van der Waals surface area contributed by atoms with Gasteiger partial charge in [0, 0.05) is 112 Å². The van der Waals surface area contributed by atoms with Crippen molar-refractivity contribution in [2.24, 2.45) is 10.3 Å². The van der Waals surface area contributed by atoms with Crippen molar-refractivity contribution in [3.05, 3.63) is 126 Å². The normalized spacial score (nSPS) is 20.2. The second-order valence-corrected chi connectivity index (χ2v) is 25.7. The summed E-state index contributed by atoms with van der Waals surface area (Å²) < 4.78 is 95.9. The van der Waals surface area contributed by atoms with E-state index in [2.05, 4.69) is 40.9 Å². The molecule has 8 N–H and O–H groups in total. The van der Waals surface area contributed by atoms with Gasteiger partial charge in [-0.2, -0.15) is 0 Å². The minimum absolute atomic E-state index is 0.0544. The fourth-order valence-corrected chi connectivity index (χ4v) is 14.5. The molecule has 4 amide bonds. The molecule has 8 rings (SSSR count). The number of benzene rings is 4. The Morgan fingerprint density at radius 1 is 0.588 bits per heavy atom. The number of unbranched alkanes of at least 4 members (excludes halogenated alkanes) is 1. The van der Waals surface area contributed by atoms with Gasteiger partial charge in [-0.05, 0) is 172 Å². The quantitative estimate of drug-likeness (QED) is 0.0468. The lowest BCUT2D eigenvalue weighted by Crippen LogP contribution is -2.39. The van der Waals surface area contributed by atoms with E-state index in [4.69, 9.17) is 43.0 Å². The molecular weight excluding hydrogens is 1110 g/mol. The second-order valence-electron chi connectivity index (χ2n) is 21.8. The molecular formula is C56H76Cl2F2N10O8S2. The largest absolute Gasteiger partial charge is 0.378 e. The number of hydrogen-bond acceptors (Lipinski definition) is 12. The first kappa shape index (κ1) is 61.5. The van der Waals surface area contributed by atoms with Crippen LogP contribution in [0, 0.1) is 25.5 Å². The van der Waals surface area contributed by atoms with Crippen LogP contribution in [0.5, 0.6) is 0 Å². The highest BCUT2D eigenvalue weighted by Gasteiger charge is 2.39. The van der Waals surface area contributed by atoms with Gasteiger partial charge in [0.15, 0.2) is 0 Å². The van der Waals surface area contributed by atoms with Gasteiger partial charge in [0.1, 0.15) is 11.6 Å². The molecule has 4 aliphatic heterocycles. The Morgan fingerprint density at radius 3 is 1.36 bits per heavy atom. The maximum Gasteiger partial charge on any atom is 0.314 e. The fourth-order valence-electron chi connectivity index (χ4n) is 12.2. The lowest BCUT2D eigenvalue weighted by atomic mass is 9.78. The molecule has 0 saturated carbocycles. The van der Waals surface area contributed by atoms with Crippen molar-refractivity contribution in [2.75, 3.05) is 119 Å². The van der Waals surface area contributed by atoms with Crippen LogP contribution in [0.4, 0.5) is 18.4 Å². The van der Waals surface area contributed by atoms with Gasteiger partial charge in [-0.15, -0.1) is 0 Å². The number of amides is 4. The van der Waals surface area contributed by atoms with E-state index in [0.717, 1.165) is 33.4 Å². The summed E-state index contributed by atoms with van der Waals surface area (Å²) in [7, 11) is -4.42. The smallest absolute Gasteiger partial charge is 0.314 e. The number of carbonyl (C=O) groups is 2. The van der Waals surface area contributed by atoms with Crippen molar-refractivity contribution < 1.29 is 44.7 Å². The molecule has 2 saturated heterocycles. The molecule has 0 aromatic heterocycles. The van der Waals surface area contributed by atoms with E-state index in [1.54, 1.807) is 0 Å². The first-order valence-corrected chi connectivity index (χ1v) is 31.2. The van der Waals surface area contributed by atoms with Crippen LogP contribution < -0.4 is 31.5 Å². The Kier molecular flexibility index (Phi) is 20.9. The number of aryl methyl sites for hydroxylation is 2. The highest BCUT2D eigenvalue weighted by Crippen LogP contribution is 2.46. The first-order chi connectivity index (χ1) is 38.1. The number of likely N-dealkylation sites (N-methyl/N-ethyl adjacent to an activating group) is 2. The van der Waals surface area contributed by atoms with Gasteiger partial charge in [0.05, 0.1) is 36.2 Å². The van der Waals surface area contributed by atoms with Gasteiger partial charge in [0.25, 0.3) is 0 Å². The molecule has 80 heavy (non-hydrogen) atoms. The number of rotatable bonds is 23. The number of nitrogens with zero attached hydrogens (tertiary/aromatic N) is 4. The van der Waals surface area contributed by atoms with Crippen molar-refractivity contribution in [1.29, 1.82) is 0 Å². The highest BCUT2D eigenvalue weighted by atomic mass is 35.5. The summed E-state index contributed by atoms with van der Waals surface area (Å²) >= 11 is 13.0. The van der Waals surface area contributed by atoms with Crippen LogP contribution in [0.2, 0.25) is 10.0 Å². The molecule has 438 valence electrons.